The lowest BCUT2D eigenvalue weighted by Gasteiger charge is -2.32. The zero-order valence-electron chi connectivity index (χ0n) is 58.6. The van der Waals surface area contributed by atoms with Crippen LogP contribution in [-0.4, -0.2) is 70.1 Å². The molecule has 112 heavy (non-hydrogen) atoms. The molecule has 6 heterocycles. The van der Waals surface area contributed by atoms with Gasteiger partial charge >= 0.3 is 0 Å². The molecule has 0 unspecified atom stereocenters. The molecule has 0 saturated heterocycles. The Hall–Kier alpha value is -15.8. The summed E-state index contributed by atoms with van der Waals surface area (Å²) >= 11 is 0. The van der Waals surface area contributed by atoms with Crippen LogP contribution in [0.3, 0.4) is 0 Å². The highest BCUT2D eigenvalue weighted by Gasteiger charge is 2.43. The number of nitrogens with zero attached hydrogens (tertiary/aromatic N) is 7. The molecule has 16 aromatic carbocycles. The van der Waals surface area contributed by atoms with E-state index in [1.54, 1.807) is 77.4 Å². The van der Waals surface area contributed by atoms with Crippen LogP contribution >= 0.6 is 0 Å². The molecule has 0 bridgehead atoms. The van der Waals surface area contributed by atoms with Crippen LogP contribution in [-0.2, 0) is 0 Å². The van der Waals surface area contributed by atoms with E-state index < -0.39 is 41.0 Å². The summed E-state index contributed by atoms with van der Waals surface area (Å²) in [5, 5.41) is 35.1. The maximum atomic E-state index is 14.6. The van der Waals surface area contributed by atoms with Crippen molar-refractivity contribution in [1.29, 1.82) is 0 Å². The van der Waals surface area contributed by atoms with Crippen LogP contribution in [0.5, 0.6) is 11.5 Å². The van der Waals surface area contributed by atoms with Crippen molar-refractivity contribution in [2.75, 3.05) is 14.7 Å². The average Bonchev–Trinajstić information content (AvgIpc) is 0.931. The zero-order chi connectivity index (χ0) is 75.5. The summed E-state index contributed by atoms with van der Waals surface area (Å²) in [5.41, 5.74) is 8.93. The topological polar surface area (TPSA) is 214 Å². The fourth-order valence-corrected chi connectivity index (χ4v) is 17.8. The third-order valence-corrected chi connectivity index (χ3v) is 22.7. The molecule has 1 aliphatic carbocycles. The Morgan fingerprint density at radius 3 is 1.31 bits per heavy atom. The highest BCUT2D eigenvalue weighted by atomic mass is 16.3. The van der Waals surface area contributed by atoms with Gasteiger partial charge in [0, 0.05) is 93.2 Å². The first kappa shape index (κ1) is 63.5. The number of imide groups is 3. The highest BCUT2D eigenvalue weighted by molar-refractivity contribution is 6.43. The Balaban J connectivity index is 0.000000137. The fraction of sp³-hybridized carbons (Fsp3) is 0. The van der Waals surface area contributed by atoms with Crippen molar-refractivity contribution in [3.05, 3.63) is 345 Å². The lowest BCUT2D eigenvalue weighted by Crippen LogP contribution is -2.43. The van der Waals surface area contributed by atoms with Crippen molar-refractivity contribution < 1.29 is 43.8 Å². The van der Waals surface area contributed by atoms with Crippen LogP contribution in [0.4, 0.5) is 17.1 Å². The molecule has 17 heteroatoms. The summed E-state index contributed by atoms with van der Waals surface area (Å²) in [7, 11) is 0. The summed E-state index contributed by atoms with van der Waals surface area (Å²) in [5.74, 6) is -3.72. The maximum Gasteiger partial charge on any atom is 0.266 e. The Kier molecular flexibility index (Phi) is 13.1. The molecule has 0 fully saturated rings. The van der Waals surface area contributed by atoms with E-state index in [4.69, 9.17) is 4.98 Å². The fourth-order valence-electron chi connectivity index (χ4n) is 17.8. The summed E-state index contributed by atoms with van der Waals surface area (Å²) < 4.78 is 5.22. The van der Waals surface area contributed by atoms with Crippen LogP contribution in [0.25, 0.3) is 144 Å². The van der Waals surface area contributed by atoms with Gasteiger partial charge in [-0.1, -0.05) is 176 Å². The largest absolute Gasteiger partial charge is 0.504 e. The van der Waals surface area contributed by atoms with Crippen molar-refractivity contribution >= 4 is 162 Å². The standard InChI is InChI=1S/C49H27N3O4.C46H24N4O6/c1-26-32-20-21-36-45-37(49(56)51(48(36)55)31-24-29-18-16-27-8-6-9-28-17-19-30(25-31)43(29)42(27)28)23-22-35(44(32)45)47(54)50(26)40-14-7-15-41(46(40)53)52-38-12-4-2-10-33(38)34-11-3-5-13-39(34)52;51-40-28-12-5-4-11-26(28)27-18-17-25(23-33(27)40)48-43(53)29-19-21-31-39-32(22-20-30(38(29)39)44(48)54)46(56)50(45(31)55)37-16-8-15-36(41(37)52)49-35-14-7-6-13-34(35)47-42(49)24-9-2-1-3-10-24/h2-25,53H,1H2;1-23,52H. The van der Waals surface area contributed by atoms with Gasteiger partial charge in [0.05, 0.1) is 61.5 Å². The molecule has 3 aliphatic heterocycles. The Labute approximate surface area is 632 Å². The van der Waals surface area contributed by atoms with Crippen LogP contribution in [0.15, 0.2) is 290 Å². The van der Waals surface area contributed by atoms with Gasteiger partial charge < -0.3 is 14.8 Å². The highest BCUT2D eigenvalue weighted by Crippen LogP contribution is 2.48. The van der Waals surface area contributed by atoms with Crippen LogP contribution < -0.4 is 25.6 Å². The number of aromatic hydroxyl groups is 2. The first-order valence-corrected chi connectivity index (χ1v) is 36.2. The number of hydrogen-bond donors (Lipinski definition) is 2. The second-order valence-corrected chi connectivity index (χ2v) is 28.4. The van der Waals surface area contributed by atoms with Gasteiger partial charge in [0.2, 0.25) is 0 Å². The maximum absolute atomic E-state index is 14.6. The summed E-state index contributed by atoms with van der Waals surface area (Å²) in [6.45, 7) is 4.36. The van der Waals surface area contributed by atoms with Crippen LogP contribution in [0, 0.1) is 0 Å². The zero-order valence-corrected chi connectivity index (χ0v) is 58.6. The number of amides is 6. The van der Waals surface area contributed by atoms with Crippen molar-refractivity contribution in [3.8, 4) is 51.1 Å². The predicted molar refractivity (Wildman–Crippen MR) is 435 cm³/mol. The van der Waals surface area contributed by atoms with Crippen molar-refractivity contribution in [1.82, 2.24) is 18.7 Å². The quantitative estimate of drug-likeness (QED) is 0.113. The molecule has 0 saturated carbocycles. The summed E-state index contributed by atoms with van der Waals surface area (Å²) in [4.78, 5) is 122. The molecular weight excluding hydrogens is 1400 g/mol. The smallest absolute Gasteiger partial charge is 0.266 e. The third-order valence-electron chi connectivity index (χ3n) is 22.7. The van der Waals surface area contributed by atoms with E-state index in [1.165, 1.54) is 39.8 Å². The van der Waals surface area contributed by atoms with E-state index in [2.05, 4.69) is 43.0 Å². The third kappa shape index (κ3) is 8.57. The lowest BCUT2D eigenvalue weighted by molar-refractivity contribution is 0.0872. The van der Waals surface area contributed by atoms with E-state index in [0.29, 0.717) is 83.1 Å². The minimum Gasteiger partial charge on any atom is -0.504 e. The second-order valence-electron chi connectivity index (χ2n) is 28.4. The van der Waals surface area contributed by atoms with Gasteiger partial charge in [-0.3, -0.25) is 47.5 Å². The van der Waals surface area contributed by atoms with Crippen molar-refractivity contribution in [2.45, 2.75) is 0 Å². The number of ketones is 1. The number of aromatic nitrogens is 4. The van der Waals surface area contributed by atoms with Gasteiger partial charge in [0.25, 0.3) is 41.0 Å². The van der Waals surface area contributed by atoms with Gasteiger partial charge in [0.1, 0.15) is 5.82 Å². The first-order valence-electron chi connectivity index (χ1n) is 36.2. The molecule has 526 valence electrons. The number of phenolic OH excluding ortho intramolecular Hbond substituents is 2. The van der Waals surface area contributed by atoms with E-state index in [1.807, 2.05) is 150 Å². The number of hydrogen-bond acceptors (Lipinski definition) is 11. The van der Waals surface area contributed by atoms with Crippen LogP contribution in [0.1, 0.15) is 78.1 Å². The van der Waals surface area contributed by atoms with Gasteiger partial charge in [-0.25, -0.2) is 19.7 Å². The molecular formula is C95H51N7O10. The van der Waals surface area contributed by atoms with E-state index in [9.17, 15) is 48.6 Å². The molecule has 0 atom stereocenters. The normalized spacial score (nSPS) is 13.8. The molecule has 0 radical (unpaired) electrons. The van der Waals surface area contributed by atoms with Crippen molar-refractivity contribution in [2.24, 2.45) is 0 Å². The first-order chi connectivity index (χ1) is 54.7. The number of rotatable bonds is 7. The predicted octanol–water partition coefficient (Wildman–Crippen LogP) is 18.1. The minimum atomic E-state index is -0.726. The number of carbonyl (C=O) groups excluding carboxylic acids is 7. The van der Waals surface area contributed by atoms with E-state index in [-0.39, 0.29) is 67.4 Å². The van der Waals surface area contributed by atoms with E-state index in [0.717, 1.165) is 80.6 Å². The van der Waals surface area contributed by atoms with Gasteiger partial charge in [-0.2, -0.15) is 0 Å². The molecule has 2 N–H and O–H groups in total. The number of imidazole rings is 1. The lowest BCUT2D eigenvalue weighted by atomic mass is 9.85. The van der Waals surface area contributed by atoms with Gasteiger partial charge in [-0.15, -0.1) is 0 Å². The Bertz CT molecular complexity index is 7510. The molecule has 17 nitrogen and oxygen atoms in total. The SMILES string of the molecule is C=c1c2ccc3c4c(ccc(c(=O)n1-c1cccc(-n5c6ccccc6c6ccccc65)c1O)c42)C(=O)N(c1cc2ccc4cccc5ccc(c1)c2c45)C3=O.O=C1c2ccccc2-c2ccc(N3C(=O)c4ccc5c6c(ccc(c46)C3=O)C(=O)N(c3cccc(-n4c(-c6ccccc6)nc6ccccc64)c3O)C5=O)cc21. The minimum absolute atomic E-state index is 0.0417. The number of para-hydroxylation sites is 6. The number of fused-ring (bicyclic) bond motifs is 7. The molecule has 6 amide bonds. The Morgan fingerprint density at radius 1 is 0.277 bits per heavy atom. The van der Waals surface area contributed by atoms with Crippen molar-refractivity contribution in [3.63, 3.8) is 0 Å². The number of anilines is 3. The number of pyridine rings is 1. The summed E-state index contributed by atoms with van der Waals surface area (Å²) in [6.07, 6.45) is 0. The molecule has 4 aliphatic rings. The average molecular weight is 1450 g/mol. The molecule has 19 aromatic rings. The second kappa shape index (κ2) is 23.1. The Morgan fingerprint density at radius 2 is 0.705 bits per heavy atom. The molecule has 0 spiro atoms. The number of phenols is 2. The summed E-state index contributed by atoms with van der Waals surface area (Å²) in [6, 6.07) is 86.3. The number of benzene rings is 16. The van der Waals surface area contributed by atoms with E-state index >= 15 is 0 Å². The van der Waals surface area contributed by atoms with Gasteiger partial charge in [-0.05, 0) is 159 Å². The van der Waals surface area contributed by atoms with Crippen LogP contribution in [0.2, 0.25) is 0 Å². The molecule has 23 rings (SSSR count). The van der Waals surface area contributed by atoms with Gasteiger partial charge in [0.15, 0.2) is 17.3 Å². The number of carbonyl (C=O) groups is 7. The molecule has 3 aromatic heterocycles. The monoisotopic (exact) mass is 1450 g/mol.